The second-order valence-electron chi connectivity index (χ2n) is 6.78. The lowest BCUT2D eigenvalue weighted by Gasteiger charge is -2.12. The van der Waals surface area contributed by atoms with Gasteiger partial charge in [0.1, 0.15) is 5.75 Å². The average molecular weight is 474 g/mol. The van der Waals surface area contributed by atoms with Crippen molar-refractivity contribution in [1.29, 1.82) is 0 Å². The fraction of sp³-hybridized carbons (Fsp3) is 0.174. The highest BCUT2D eigenvalue weighted by Gasteiger charge is 2.09. The van der Waals surface area contributed by atoms with E-state index >= 15 is 0 Å². The molecule has 0 fully saturated rings. The molecule has 1 amide bonds. The summed E-state index contributed by atoms with van der Waals surface area (Å²) in [6.07, 6.45) is 0. The van der Waals surface area contributed by atoms with Gasteiger partial charge in [-0.25, -0.2) is 0 Å². The molecule has 6 heteroatoms. The number of nitrogens with one attached hydrogen (secondary N) is 2. The molecule has 3 aromatic carbocycles. The Labute approximate surface area is 184 Å². The van der Waals surface area contributed by atoms with Crippen molar-refractivity contribution in [2.75, 3.05) is 17.2 Å². The molecule has 0 aliphatic carbocycles. The van der Waals surface area contributed by atoms with Gasteiger partial charge < -0.3 is 15.4 Å². The number of carbonyl (C=O) groups is 1. The van der Waals surface area contributed by atoms with Crippen LogP contribution in [-0.4, -0.2) is 12.5 Å². The molecule has 3 rings (SSSR count). The topological polar surface area (TPSA) is 50.4 Å². The minimum absolute atomic E-state index is 0.0612. The molecule has 0 saturated heterocycles. The molecule has 0 radical (unpaired) electrons. The average Bonchev–Trinajstić information content (AvgIpc) is 2.69. The quantitative estimate of drug-likeness (QED) is 0.420. The van der Waals surface area contributed by atoms with Gasteiger partial charge in [-0.1, -0.05) is 35.4 Å². The molecule has 0 aliphatic heterocycles. The van der Waals surface area contributed by atoms with Crippen LogP contribution in [0.5, 0.6) is 5.75 Å². The van der Waals surface area contributed by atoms with E-state index in [-0.39, 0.29) is 12.5 Å². The van der Waals surface area contributed by atoms with Gasteiger partial charge in [0, 0.05) is 22.9 Å². The normalized spacial score (nSPS) is 10.5. The Morgan fingerprint density at radius 2 is 1.79 bits per heavy atom. The van der Waals surface area contributed by atoms with Crippen molar-refractivity contribution in [3.8, 4) is 5.75 Å². The van der Waals surface area contributed by atoms with Crippen molar-refractivity contribution in [1.82, 2.24) is 0 Å². The van der Waals surface area contributed by atoms with Crippen molar-refractivity contribution in [3.05, 3.63) is 86.8 Å². The summed E-state index contributed by atoms with van der Waals surface area (Å²) in [6.45, 7) is 4.59. The minimum Gasteiger partial charge on any atom is -0.483 e. The van der Waals surface area contributed by atoms with Gasteiger partial charge in [-0.05, 0) is 83.4 Å². The maximum Gasteiger partial charge on any atom is 0.262 e. The van der Waals surface area contributed by atoms with E-state index in [0.717, 1.165) is 32.5 Å². The Morgan fingerprint density at radius 3 is 2.48 bits per heavy atom. The third kappa shape index (κ3) is 6.24. The van der Waals surface area contributed by atoms with Crippen molar-refractivity contribution < 1.29 is 9.53 Å². The third-order valence-electron chi connectivity index (χ3n) is 4.35. The molecule has 0 unspecified atom stereocenters. The van der Waals surface area contributed by atoms with E-state index in [0.29, 0.717) is 17.3 Å². The first kappa shape index (κ1) is 21.2. The van der Waals surface area contributed by atoms with Gasteiger partial charge >= 0.3 is 0 Å². The summed E-state index contributed by atoms with van der Waals surface area (Å²) in [5.74, 6) is 0.424. The number of benzene rings is 3. The van der Waals surface area contributed by atoms with Gasteiger partial charge in [0.05, 0.1) is 4.47 Å². The third-order valence-corrected chi connectivity index (χ3v) is 5.22. The van der Waals surface area contributed by atoms with Gasteiger partial charge in [-0.3, -0.25) is 4.79 Å². The van der Waals surface area contributed by atoms with E-state index in [1.807, 2.05) is 74.5 Å². The van der Waals surface area contributed by atoms with E-state index in [2.05, 4.69) is 26.6 Å². The number of ether oxygens (including phenoxy) is 1. The Balaban J connectivity index is 1.53. The number of aryl methyl sites for hydroxylation is 2. The summed E-state index contributed by atoms with van der Waals surface area (Å²) >= 11 is 9.42. The highest BCUT2D eigenvalue weighted by atomic mass is 79.9. The van der Waals surface area contributed by atoms with E-state index in [1.54, 1.807) is 0 Å². The second kappa shape index (κ2) is 9.81. The number of hydrogen-bond acceptors (Lipinski definition) is 3. The van der Waals surface area contributed by atoms with E-state index < -0.39 is 0 Å². The zero-order valence-corrected chi connectivity index (χ0v) is 18.6. The first-order valence-electron chi connectivity index (χ1n) is 9.18. The van der Waals surface area contributed by atoms with Gasteiger partial charge in [0.25, 0.3) is 5.91 Å². The lowest BCUT2D eigenvalue weighted by atomic mass is 10.1. The lowest BCUT2D eigenvalue weighted by molar-refractivity contribution is -0.118. The van der Waals surface area contributed by atoms with Crippen molar-refractivity contribution in [2.45, 2.75) is 20.4 Å². The Bertz CT molecular complexity index is 1010. The SMILES string of the molecule is Cc1ccc(NC(=O)COc2ccc(CNc3ccc(Cl)cc3)cc2Br)c(C)c1. The molecule has 0 aliphatic rings. The van der Waals surface area contributed by atoms with Crippen LogP contribution in [0.2, 0.25) is 5.02 Å². The number of amides is 1. The molecule has 150 valence electrons. The summed E-state index contributed by atoms with van der Waals surface area (Å²) in [5.41, 5.74) is 5.06. The van der Waals surface area contributed by atoms with Crippen LogP contribution in [0, 0.1) is 13.8 Å². The van der Waals surface area contributed by atoms with Gasteiger partial charge in [0.2, 0.25) is 0 Å². The van der Waals surface area contributed by atoms with Gasteiger partial charge in [-0.2, -0.15) is 0 Å². The highest BCUT2D eigenvalue weighted by molar-refractivity contribution is 9.10. The maximum absolute atomic E-state index is 12.2. The van der Waals surface area contributed by atoms with Crippen LogP contribution in [-0.2, 0) is 11.3 Å². The molecule has 0 spiro atoms. The first-order valence-corrected chi connectivity index (χ1v) is 10.4. The molecule has 0 atom stereocenters. The largest absolute Gasteiger partial charge is 0.483 e. The molecular formula is C23H22BrClN2O2. The summed E-state index contributed by atoms with van der Waals surface area (Å²) in [5, 5.41) is 6.93. The summed E-state index contributed by atoms with van der Waals surface area (Å²) < 4.78 is 6.47. The summed E-state index contributed by atoms with van der Waals surface area (Å²) in [7, 11) is 0. The van der Waals surface area contributed by atoms with Crippen LogP contribution in [0.1, 0.15) is 16.7 Å². The van der Waals surface area contributed by atoms with Crippen LogP contribution >= 0.6 is 27.5 Å². The predicted octanol–water partition coefficient (Wildman–Crippen LogP) is 6.35. The van der Waals surface area contributed by atoms with Crippen molar-refractivity contribution in [3.63, 3.8) is 0 Å². The fourth-order valence-corrected chi connectivity index (χ4v) is 3.49. The molecule has 29 heavy (non-hydrogen) atoms. The Morgan fingerprint density at radius 1 is 1.03 bits per heavy atom. The monoisotopic (exact) mass is 472 g/mol. The number of hydrogen-bond donors (Lipinski definition) is 2. The summed E-state index contributed by atoms with van der Waals surface area (Å²) in [4.78, 5) is 12.2. The van der Waals surface area contributed by atoms with Crippen LogP contribution in [0.25, 0.3) is 0 Å². The standard InChI is InChI=1S/C23H22BrClN2O2/c1-15-3-9-21(16(2)11-15)27-23(28)14-29-22-10-4-17(12-20(22)24)13-26-19-7-5-18(25)6-8-19/h3-12,26H,13-14H2,1-2H3,(H,27,28). The van der Waals surface area contributed by atoms with Crippen LogP contribution < -0.4 is 15.4 Å². The molecule has 0 bridgehead atoms. The minimum atomic E-state index is -0.197. The van der Waals surface area contributed by atoms with Crippen LogP contribution in [0.3, 0.4) is 0 Å². The molecule has 3 aromatic rings. The Hall–Kier alpha value is -2.50. The first-order chi connectivity index (χ1) is 13.9. The molecule has 0 aromatic heterocycles. The van der Waals surface area contributed by atoms with E-state index in [4.69, 9.17) is 16.3 Å². The van der Waals surface area contributed by atoms with Crippen molar-refractivity contribution in [2.24, 2.45) is 0 Å². The zero-order valence-electron chi connectivity index (χ0n) is 16.3. The molecule has 0 heterocycles. The Kier molecular flexibility index (Phi) is 7.18. The van der Waals surface area contributed by atoms with E-state index in [9.17, 15) is 4.79 Å². The lowest BCUT2D eigenvalue weighted by Crippen LogP contribution is -2.20. The molecule has 2 N–H and O–H groups in total. The number of carbonyl (C=O) groups excluding carboxylic acids is 1. The van der Waals surface area contributed by atoms with Gasteiger partial charge in [0.15, 0.2) is 6.61 Å². The fourth-order valence-electron chi connectivity index (χ4n) is 2.83. The zero-order chi connectivity index (χ0) is 20.8. The van der Waals surface area contributed by atoms with Gasteiger partial charge in [-0.15, -0.1) is 0 Å². The van der Waals surface area contributed by atoms with Crippen LogP contribution in [0.4, 0.5) is 11.4 Å². The second-order valence-corrected chi connectivity index (χ2v) is 8.07. The smallest absolute Gasteiger partial charge is 0.262 e. The summed E-state index contributed by atoms with van der Waals surface area (Å²) in [6, 6.07) is 19.3. The van der Waals surface area contributed by atoms with Crippen LogP contribution in [0.15, 0.2) is 65.1 Å². The molecule has 4 nitrogen and oxygen atoms in total. The van der Waals surface area contributed by atoms with Crippen molar-refractivity contribution >= 4 is 44.8 Å². The number of anilines is 2. The molecular weight excluding hydrogens is 452 g/mol. The maximum atomic E-state index is 12.2. The number of halogens is 2. The molecule has 0 saturated carbocycles. The highest BCUT2D eigenvalue weighted by Crippen LogP contribution is 2.27. The predicted molar refractivity (Wildman–Crippen MR) is 123 cm³/mol. The van der Waals surface area contributed by atoms with E-state index in [1.165, 1.54) is 0 Å². The number of rotatable bonds is 7.